The van der Waals surface area contributed by atoms with Crippen LogP contribution in [-0.2, 0) is 14.3 Å². The van der Waals surface area contributed by atoms with Gasteiger partial charge in [-0.25, -0.2) is 0 Å². The van der Waals surface area contributed by atoms with Gasteiger partial charge in [-0.15, -0.1) is 11.8 Å². The molecular formula is C8H16N2O3S. The molecule has 0 aromatic heterocycles. The van der Waals surface area contributed by atoms with Gasteiger partial charge in [0.15, 0.2) is 0 Å². The Kier molecular flexibility index (Phi) is 6.31. The molecule has 0 aliphatic heterocycles. The maximum absolute atomic E-state index is 10.9. The summed E-state index contributed by atoms with van der Waals surface area (Å²) in [6.45, 7) is 1.72. The summed E-state index contributed by atoms with van der Waals surface area (Å²) in [5.74, 6) is -0.181. The van der Waals surface area contributed by atoms with Crippen LogP contribution in [0, 0.1) is 0 Å². The highest BCUT2D eigenvalue weighted by molar-refractivity contribution is 8.00. The van der Waals surface area contributed by atoms with E-state index in [9.17, 15) is 9.59 Å². The molecule has 0 aliphatic carbocycles. The first-order valence-corrected chi connectivity index (χ1v) is 5.28. The highest BCUT2D eigenvalue weighted by Crippen LogP contribution is 2.11. The first-order chi connectivity index (χ1) is 6.49. The third-order valence-corrected chi connectivity index (χ3v) is 2.91. The Morgan fingerprint density at radius 1 is 1.50 bits per heavy atom. The van der Waals surface area contributed by atoms with Crippen LogP contribution < -0.4 is 11.5 Å². The molecule has 0 saturated heterocycles. The zero-order valence-corrected chi connectivity index (χ0v) is 9.17. The zero-order chi connectivity index (χ0) is 11.1. The SMILES string of the molecule is COC(=O)C(N)CCSC(C)C(N)=O. The van der Waals surface area contributed by atoms with Crippen LogP contribution in [0.25, 0.3) is 0 Å². The lowest BCUT2D eigenvalue weighted by Crippen LogP contribution is -2.32. The fourth-order valence-electron chi connectivity index (χ4n) is 0.723. The molecule has 6 heteroatoms. The summed E-state index contributed by atoms with van der Waals surface area (Å²) in [7, 11) is 1.29. The van der Waals surface area contributed by atoms with Crippen molar-refractivity contribution in [3.05, 3.63) is 0 Å². The highest BCUT2D eigenvalue weighted by Gasteiger charge is 2.15. The van der Waals surface area contributed by atoms with Gasteiger partial charge in [0.1, 0.15) is 6.04 Å². The molecule has 0 heterocycles. The van der Waals surface area contributed by atoms with Crippen molar-refractivity contribution in [3.63, 3.8) is 0 Å². The van der Waals surface area contributed by atoms with Gasteiger partial charge in [0.05, 0.1) is 12.4 Å². The van der Waals surface area contributed by atoms with Crippen LogP contribution in [0.1, 0.15) is 13.3 Å². The fourth-order valence-corrected chi connectivity index (χ4v) is 1.63. The van der Waals surface area contributed by atoms with Gasteiger partial charge in [-0.2, -0.15) is 0 Å². The van der Waals surface area contributed by atoms with Gasteiger partial charge in [-0.3, -0.25) is 9.59 Å². The van der Waals surface area contributed by atoms with E-state index in [1.807, 2.05) is 0 Å². The van der Waals surface area contributed by atoms with Gasteiger partial charge in [-0.1, -0.05) is 0 Å². The van der Waals surface area contributed by atoms with Crippen molar-refractivity contribution in [3.8, 4) is 0 Å². The number of esters is 1. The minimum Gasteiger partial charge on any atom is -0.468 e. The number of hydrogen-bond donors (Lipinski definition) is 2. The Bertz CT molecular complexity index is 211. The van der Waals surface area contributed by atoms with E-state index in [2.05, 4.69) is 4.74 Å². The number of hydrogen-bond acceptors (Lipinski definition) is 5. The summed E-state index contributed by atoms with van der Waals surface area (Å²) < 4.78 is 4.45. The standard InChI is InChI=1S/C8H16N2O3S/c1-5(7(10)11)14-4-3-6(9)8(12)13-2/h5-6H,3-4,9H2,1-2H3,(H2,10,11). The molecule has 5 nitrogen and oxygen atoms in total. The van der Waals surface area contributed by atoms with Crippen molar-refractivity contribution >= 4 is 23.6 Å². The molecule has 2 unspecified atom stereocenters. The van der Waals surface area contributed by atoms with Crippen LogP contribution in [0.4, 0.5) is 0 Å². The number of primary amides is 1. The summed E-state index contributed by atoms with van der Waals surface area (Å²) in [6, 6.07) is -0.618. The van der Waals surface area contributed by atoms with Crippen molar-refractivity contribution in [2.75, 3.05) is 12.9 Å². The van der Waals surface area contributed by atoms with Gasteiger partial charge in [0, 0.05) is 0 Å². The van der Waals surface area contributed by atoms with E-state index in [0.29, 0.717) is 12.2 Å². The monoisotopic (exact) mass is 220 g/mol. The maximum Gasteiger partial charge on any atom is 0.322 e. The average molecular weight is 220 g/mol. The average Bonchev–Trinajstić information content (AvgIpc) is 2.15. The summed E-state index contributed by atoms with van der Waals surface area (Å²) in [4.78, 5) is 21.5. The molecule has 0 aromatic rings. The Hall–Kier alpha value is -0.750. The molecule has 82 valence electrons. The van der Waals surface area contributed by atoms with E-state index in [4.69, 9.17) is 11.5 Å². The molecule has 14 heavy (non-hydrogen) atoms. The van der Waals surface area contributed by atoms with Crippen LogP contribution >= 0.6 is 11.8 Å². The number of methoxy groups -OCH3 is 1. The van der Waals surface area contributed by atoms with Crippen LogP contribution in [0.5, 0.6) is 0 Å². The van der Waals surface area contributed by atoms with E-state index >= 15 is 0 Å². The Balaban J connectivity index is 3.64. The lowest BCUT2D eigenvalue weighted by molar-refractivity contribution is -0.142. The first kappa shape index (κ1) is 13.2. The summed E-state index contributed by atoms with van der Waals surface area (Å²) in [5.41, 5.74) is 10.5. The first-order valence-electron chi connectivity index (χ1n) is 4.23. The minimum absolute atomic E-state index is 0.250. The molecule has 0 radical (unpaired) electrons. The van der Waals surface area contributed by atoms with Crippen molar-refractivity contribution < 1.29 is 14.3 Å². The minimum atomic E-state index is -0.618. The molecule has 2 atom stereocenters. The highest BCUT2D eigenvalue weighted by atomic mass is 32.2. The lowest BCUT2D eigenvalue weighted by Gasteiger charge is -2.10. The smallest absolute Gasteiger partial charge is 0.322 e. The van der Waals surface area contributed by atoms with Crippen molar-refractivity contribution in [1.82, 2.24) is 0 Å². The predicted octanol–water partition coefficient (Wildman–Crippen LogP) is -0.516. The Labute approximate surface area is 87.5 Å². The number of nitrogens with two attached hydrogens (primary N) is 2. The van der Waals surface area contributed by atoms with Crippen LogP contribution in [0.15, 0.2) is 0 Å². The fraction of sp³-hybridized carbons (Fsp3) is 0.750. The van der Waals surface area contributed by atoms with E-state index in [0.717, 1.165) is 0 Å². The van der Waals surface area contributed by atoms with E-state index in [1.165, 1.54) is 18.9 Å². The number of carbonyl (C=O) groups excluding carboxylic acids is 2. The molecule has 0 saturated carbocycles. The Morgan fingerprint density at radius 2 is 2.07 bits per heavy atom. The zero-order valence-electron chi connectivity index (χ0n) is 8.36. The number of amides is 1. The number of carbonyl (C=O) groups is 2. The van der Waals surface area contributed by atoms with Crippen molar-refractivity contribution in [2.24, 2.45) is 11.5 Å². The lowest BCUT2D eigenvalue weighted by atomic mass is 10.2. The van der Waals surface area contributed by atoms with Crippen LogP contribution in [0.3, 0.4) is 0 Å². The molecular weight excluding hydrogens is 204 g/mol. The van der Waals surface area contributed by atoms with Gasteiger partial charge in [-0.05, 0) is 19.1 Å². The number of rotatable bonds is 6. The van der Waals surface area contributed by atoms with Crippen LogP contribution in [0.2, 0.25) is 0 Å². The van der Waals surface area contributed by atoms with E-state index in [1.54, 1.807) is 6.92 Å². The second-order valence-electron chi connectivity index (χ2n) is 2.83. The maximum atomic E-state index is 10.9. The Morgan fingerprint density at radius 3 is 2.50 bits per heavy atom. The number of thioether (sulfide) groups is 1. The topological polar surface area (TPSA) is 95.4 Å². The third-order valence-electron chi connectivity index (χ3n) is 1.70. The molecule has 0 spiro atoms. The quantitative estimate of drug-likeness (QED) is 0.587. The van der Waals surface area contributed by atoms with E-state index in [-0.39, 0.29) is 11.2 Å². The normalized spacial score (nSPS) is 14.5. The largest absolute Gasteiger partial charge is 0.468 e. The molecule has 0 aromatic carbocycles. The molecule has 0 aliphatic rings. The van der Waals surface area contributed by atoms with Gasteiger partial charge in [0.2, 0.25) is 5.91 Å². The van der Waals surface area contributed by atoms with Crippen LogP contribution in [-0.4, -0.2) is 36.0 Å². The summed E-state index contributed by atoms with van der Waals surface area (Å²) >= 11 is 1.38. The molecule has 4 N–H and O–H groups in total. The van der Waals surface area contributed by atoms with Gasteiger partial charge < -0.3 is 16.2 Å². The summed E-state index contributed by atoms with van der Waals surface area (Å²) in [6.07, 6.45) is 0.481. The molecule has 0 bridgehead atoms. The molecule has 1 amide bonds. The van der Waals surface area contributed by atoms with Crippen molar-refractivity contribution in [1.29, 1.82) is 0 Å². The molecule has 0 fully saturated rings. The second-order valence-corrected chi connectivity index (χ2v) is 4.28. The van der Waals surface area contributed by atoms with E-state index < -0.39 is 12.0 Å². The third kappa shape index (κ3) is 5.08. The van der Waals surface area contributed by atoms with Gasteiger partial charge >= 0.3 is 5.97 Å². The second kappa shape index (κ2) is 6.67. The molecule has 0 rings (SSSR count). The summed E-state index contributed by atoms with van der Waals surface area (Å²) in [5, 5.41) is -0.250. The van der Waals surface area contributed by atoms with Crippen molar-refractivity contribution in [2.45, 2.75) is 24.6 Å². The number of ether oxygens (including phenoxy) is 1. The predicted molar refractivity (Wildman–Crippen MR) is 55.7 cm³/mol. The van der Waals surface area contributed by atoms with Gasteiger partial charge in [0.25, 0.3) is 0 Å².